The van der Waals surface area contributed by atoms with E-state index in [1.807, 2.05) is 43.5 Å². The third-order valence-electron chi connectivity index (χ3n) is 7.35. The van der Waals surface area contributed by atoms with Gasteiger partial charge in [0.2, 0.25) is 11.8 Å². The van der Waals surface area contributed by atoms with Gasteiger partial charge in [0.05, 0.1) is 5.69 Å². The van der Waals surface area contributed by atoms with Crippen molar-refractivity contribution in [1.82, 2.24) is 15.2 Å². The van der Waals surface area contributed by atoms with E-state index >= 15 is 0 Å². The van der Waals surface area contributed by atoms with E-state index in [0.717, 1.165) is 35.5 Å². The number of carbonyl (C=O) groups excluding carboxylic acids is 3. The molecule has 2 aliphatic rings. The second-order valence-electron chi connectivity index (χ2n) is 10.1. The normalized spacial score (nSPS) is 16.9. The highest BCUT2D eigenvalue weighted by molar-refractivity contribution is 6.04. The average molecular weight is 536 g/mol. The number of rotatable bonds is 10. The number of piperidine rings is 1. The Bertz CT molecular complexity index is 1440. The van der Waals surface area contributed by atoms with Crippen LogP contribution in [0.2, 0.25) is 0 Å². The molecule has 3 aromatic rings. The summed E-state index contributed by atoms with van der Waals surface area (Å²) in [5, 5.41) is 2.33. The van der Waals surface area contributed by atoms with Gasteiger partial charge in [0.25, 0.3) is 0 Å². The second kappa shape index (κ2) is 12.6. The molecule has 1 fully saturated rings. The Morgan fingerprint density at radius 2 is 1.88 bits per heavy atom. The molecule has 204 valence electrons. The third-order valence-corrected chi connectivity index (χ3v) is 7.35. The summed E-state index contributed by atoms with van der Waals surface area (Å²) >= 11 is 0. The first-order valence-electron chi connectivity index (χ1n) is 13.7. The lowest BCUT2D eigenvalue weighted by Crippen LogP contribution is -2.41. The number of ether oxygens (including phenoxy) is 1. The monoisotopic (exact) mass is 535 g/mol. The number of aromatic nitrogens is 1. The molecule has 7 heteroatoms. The summed E-state index contributed by atoms with van der Waals surface area (Å²) in [4.78, 5) is 43.3. The average Bonchev–Trinajstić information content (AvgIpc) is 2.99. The molecule has 0 bridgehead atoms. The topological polar surface area (TPSA) is 88.6 Å². The van der Waals surface area contributed by atoms with Crippen molar-refractivity contribution in [2.75, 3.05) is 6.54 Å². The Hall–Kier alpha value is -4.52. The van der Waals surface area contributed by atoms with Gasteiger partial charge in [-0.2, -0.15) is 0 Å². The number of Topliss-reactive ketones (excluding diaryl/α,β-unsaturated/α-hetero) is 1. The molecular formula is C33H33N3O4. The minimum atomic E-state index is -0.475. The summed E-state index contributed by atoms with van der Waals surface area (Å²) in [5.41, 5.74) is 5.79. The van der Waals surface area contributed by atoms with Crippen LogP contribution in [0.4, 0.5) is 0 Å². The summed E-state index contributed by atoms with van der Waals surface area (Å²) in [5.74, 6) is -0.538. The molecule has 2 amide bonds. The number of benzene rings is 2. The van der Waals surface area contributed by atoms with E-state index in [4.69, 9.17) is 4.74 Å². The Balaban J connectivity index is 1.16. The Morgan fingerprint density at radius 1 is 1.05 bits per heavy atom. The molecule has 7 nitrogen and oxygen atoms in total. The molecule has 1 saturated heterocycles. The summed E-state index contributed by atoms with van der Waals surface area (Å²) in [6.07, 6.45) is 9.61. The number of allylic oxidation sites excluding steroid dienone is 2. The van der Waals surface area contributed by atoms with Crippen LogP contribution < -0.4 is 10.1 Å². The van der Waals surface area contributed by atoms with Crippen molar-refractivity contribution in [3.8, 4) is 5.75 Å². The number of nitrogens with one attached hydrogen (secondary N) is 1. The molecule has 5 rings (SSSR count). The van der Waals surface area contributed by atoms with Crippen molar-refractivity contribution in [3.63, 3.8) is 0 Å². The molecular weight excluding hydrogens is 502 g/mol. The van der Waals surface area contributed by atoms with Gasteiger partial charge < -0.3 is 9.64 Å². The molecule has 0 spiro atoms. The van der Waals surface area contributed by atoms with Gasteiger partial charge in [-0.25, -0.2) is 0 Å². The van der Waals surface area contributed by atoms with Gasteiger partial charge in [-0.15, -0.1) is 0 Å². The van der Waals surface area contributed by atoms with E-state index in [1.54, 1.807) is 6.07 Å². The van der Waals surface area contributed by atoms with Crippen LogP contribution in [-0.2, 0) is 29.2 Å². The SMILES string of the molecule is CCc1c(OCc2ccc(CN3C=CC(c4ccccn4)=CC3)cc2)cccc1C(=O)CC1CCC(=O)NC1=O. The fourth-order valence-electron chi connectivity index (χ4n) is 5.10. The number of hydrogen-bond acceptors (Lipinski definition) is 6. The molecule has 1 unspecified atom stereocenters. The van der Waals surface area contributed by atoms with Crippen molar-refractivity contribution in [2.45, 2.75) is 45.8 Å². The number of hydrogen-bond donors (Lipinski definition) is 1. The molecule has 3 heterocycles. The first-order chi connectivity index (χ1) is 19.5. The molecule has 2 aliphatic heterocycles. The summed E-state index contributed by atoms with van der Waals surface area (Å²) in [7, 11) is 0. The van der Waals surface area contributed by atoms with Crippen LogP contribution in [0.15, 0.2) is 85.2 Å². The van der Waals surface area contributed by atoms with E-state index in [0.29, 0.717) is 30.8 Å². The molecule has 1 aromatic heterocycles. The zero-order chi connectivity index (χ0) is 27.9. The maximum Gasteiger partial charge on any atom is 0.230 e. The molecule has 0 radical (unpaired) electrons. The van der Waals surface area contributed by atoms with Gasteiger partial charge in [0.15, 0.2) is 5.78 Å². The Labute approximate surface area is 234 Å². The van der Waals surface area contributed by atoms with Crippen molar-refractivity contribution in [3.05, 3.63) is 113 Å². The number of ketones is 1. The van der Waals surface area contributed by atoms with E-state index in [9.17, 15) is 14.4 Å². The van der Waals surface area contributed by atoms with Crippen LogP contribution in [0.3, 0.4) is 0 Å². The standard InChI is InChI=1S/C33H33N3O4/c1-2-27-28(30(37)20-26-13-14-32(38)35-33(26)39)6-5-8-31(27)40-22-24-11-9-23(10-12-24)21-36-18-15-25(16-19-36)29-7-3-4-17-34-29/h3-12,15-18,26H,2,13-14,19-22H2,1H3,(H,35,38,39). The zero-order valence-electron chi connectivity index (χ0n) is 22.6. The quantitative estimate of drug-likeness (QED) is 0.281. The van der Waals surface area contributed by atoms with Crippen LogP contribution in [0.1, 0.15) is 58.9 Å². The zero-order valence-corrected chi connectivity index (χ0v) is 22.6. The van der Waals surface area contributed by atoms with E-state index < -0.39 is 5.92 Å². The predicted octanol–water partition coefficient (Wildman–Crippen LogP) is 5.26. The number of nitrogens with zero attached hydrogens (tertiary/aromatic N) is 2. The third kappa shape index (κ3) is 6.54. The second-order valence-corrected chi connectivity index (χ2v) is 10.1. The van der Waals surface area contributed by atoms with Gasteiger partial charge in [0.1, 0.15) is 12.4 Å². The van der Waals surface area contributed by atoms with E-state index in [1.165, 1.54) is 5.56 Å². The first kappa shape index (κ1) is 27.1. The number of amides is 2. The highest BCUT2D eigenvalue weighted by Gasteiger charge is 2.29. The van der Waals surface area contributed by atoms with Gasteiger partial charge in [-0.05, 0) is 53.8 Å². The lowest BCUT2D eigenvalue weighted by molar-refractivity contribution is -0.136. The number of imide groups is 1. The number of carbonyl (C=O) groups is 3. The summed E-state index contributed by atoms with van der Waals surface area (Å²) < 4.78 is 6.16. The molecule has 2 aromatic carbocycles. The molecule has 0 saturated carbocycles. The first-order valence-corrected chi connectivity index (χ1v) is 13.7. The minimum absolute atomic E-state index is 0.0868. The van der Waals surface area contributed by atoms with Gasteiger partial charge in [0, 0.05) is 55.4 Å². The minimum Gasteiger partial charge on any atom is -0.489 e. The Morgan fingerprint density at radius 3 is 2.58 bits per heavy atom. The van der Waals surface area contributed by atoms with Gasteiger partial charge in [-0.3, -0.25) is 24.7 Å². The highest BCUT2D eigenvalue weighted by atomic mass is 16.5. The lowest BCUT2D eigenvalue weighted by atomic mass is 9.89. The van der Waals surface area contributed by atoms with Crippen LogP contribution in [0.25, 0.3) is 5.57 Å². The van der Waals surface area contributed by atoms with Crippen molar-refractivity contribution in [1.29, 1.82) is 0 Å². The molecule has 0 aliphatic carbocycles. The maximum absolute atomic E-state index is 13.1. The maximum atomic E-state index is 13.1. The van der Waals surface area contributed by atoms with E-state index in [-0.39, 0.29) is 30.4 Å². The summed E-state index contributed by atoms with van der Waals surface area (Å²) in [6.45, 7) is 4.01. The summed E-state index contributed by atoms with van der Waals surface area (Å²) in [6, 6.07) is 19.8. The van der Waals surface area contributed by atoms with E-state index in [2.05, 4.69) is 57.8 Å². The van der Waals surface area contributed by atoms with Gasteiger partial charge in [-0.1, -0.05) is 55.5 Å². The largest absolute Gasteiger partial charge is 0.489 e. The molecule has 1 atom stereocenters. The smallest absolute Gasteiger partial charge is 0.230 e. The fraction of sp³-hybridized carbons (Fsp3) is 0.273. The molecule has 1 N–H and O–H groups in total. The molecule has 40 heavy (non-hydrogen) atoms. The predicted molar refractivity (Wildman–Crippen MR) is 153 cm³/mol. The van der Waals surface area contributed by atoms with Crippen LogP contribution >= 0.6 is 0 Å². The van der Waals surface area contributed by atoms with Crippen LogP contribution in [0.5, 0.6) is 5.75 Å². The van der Waals surface area contributed by atoms with Gasteiger partial charge >= 0.3 is 0 Å². The number of pyridine rings is 1. The van der Waals surface area contributed by atoms with Crippen molar-refractivity contribution < 1.29 is 19.1 Å². The van der Waals surface area contributed by atoms with Crippen molar-refractivity contribution in [2.24, 2.45) is 5.92 Å². The van der Waals surface area contributed by atoms with Crippen LogP contribution in [0, 0.1) is 5.92 Å². The lowest BCUT2D eigenvalue weighted by Gasteiger charge is -2.23. The van der Waals surface area contributed by atoms with Crippen molar-refractivity contribution >= 4 is 23.2 Å². The Kier molecular flexibility index (Phi) is 8.50. The fourth-order valence-corrected chi connectivity index (χ4v) is 5.10. The van der Waals surface area contributed by atoms with Crippen LogP contribution in [-0.4, -0.2) is 34.0 Å². The highest BCUT2D eigenvalue weighted by Crippen LogP contribution is 2.28.